The number of thiocarbonyl (C=S) groups is 1. The van der Waals surface area contributed by atoms with Crippen LogP contribution in [-0.4, -0.2) is 53.0 Å². The summed E-state index contributed by atoms with van der Waals surface area (Å²) in [6.45, 7) is 5.20. The quantitative estimate of drug-likeness (QED) is 0.758. The lowest BCUT2D eigenvalue weighted by Gasteiger charge is -2.38. The third-order valence-corrected chi connectivity index (χ3v) is 3.97. The van der Waals surface area contributed by atoms with Gasteiger partial charge in [0.15, 0.2) is 0 Å². The number of pyridine rings is 1. The lowest BCUT2D eigenvalue weighted by Crippen LogP contribution is -2.53. The van der Waals surface area contributed by atoms with Crippen LogP contribution in [0.2, 0.25) is 0 Å². The first-order valence-electron chi connectivity index (χ1n) is 6.54. The maximum Gasteiger partial charge on any atom is 0.252 e. The van der Waals surface area contributed by atoms with Crippen LogP contribution in [0.25, 0.3) is 0 Å². The Morgan fingerprint density at radius 1 is 1.35 bits per heavy atom. The Bertz CT molecular complexity index is 513. The zero-order valence-corrected chi connectivity index (χ0v) is 12.3. The van der Waals surface area contributed by atoms with E-state index < -0.39 is 5.91 Å². The van der Waals surface area contributed by atoms with Crippen molar-refractivity contribution in [3.05, 3.63) is 23.9 Å². The predicted octanol–water partition coefficient (Wildman–Crippen LogP) is -0.0229. The number of rotatable bonds is 4. The second-order valence-corrected chi connectivity index (χ2v) is 5.31. The molecule has 0 radical (unpaired) electrons. The van der Waals surface area contributed by atoms with E-state index in [-0.39, 0.29) is 6.04 Å². The summed E-state index contributed by atoms with van der Waals surface area (Å²) in [5, 5.41) is 0. The van der Waals surface area contributed by atoms with E-state index in [0.29, 0.717) is 16.4 Å². The molecular weight excluding hydrogens is 274 g/mol. The van der Waals surface area contributed by atoms with Crippen LogP contribution in [0.4, 0.5) is 5.82 Å². The number of nitrogens with zero attached hydrogens (tertiary/aromatic N) is 3. The lowest BCUT2D eigenvalue weighted by atomic mass is 10.2. The number of carbonyl (C=O) groups excluding carboxylic acids is 1. The Morgan fingerprint density at radius 2 is 2.00 bits per heavy atom. The number of anilines is 1. The highest BCUT2D eigenvalue weighted by atomic mass is 32.1. The molecule has 108 valence electrons. The molecule has 0 aromatic carbocycles. The summed E-state index contributed by atoms with van der Waals surface area (Å²) in [6, 6.07) is 3.51. The highest BCUT2D eigenvalue weighted by Crippen LogP contribution is 2.19. The monoisotopic (exact) mass is 293 g/mol. The van der Waals surface area contributed by atoms with Crippen molar-refractivity contribution in [3.63, 3.8) is 0 Å². The second kappa shape index (κ2) is 6.15. The van der Waals surface area contributed by atoms with Crippen LogP contribution < -0.4 is 16.4 Å². The topological polar surface area (TPSA) is 88.5 Å². The van der Waals surface area contributed by atoms with Gasteiger partial charge in [-0.2, -0.15) is 0 Å². The fourth-order valence-corrected chi connectivity index (χ4v) is 2.49. The van der Waals surface area contributed by atoms with Crippen molar-refractivity contribution in [2.75, 3.05) is 31.1 Å². The lowest BCUT2D eigenvalue weighted by molar-refractivity contribution is 0.1000. The molecule has 0 spiro atoms. The Hall–Kier alpha value is -1.73. The van der Waals surface area contributed by atoms with Crippen LogP contribution in [0.5, 0.6) is 0 Å². The van der Waals surface area contributed by atoms with Crippen LogP contribution >= 0.6 is 12.2 Å². The summed E-state index contributed by atoms with van der Waals surface area (Å²) < 4.78 is 0. The van der Waals surface area contributed by atoms with Crippen molar-refractivity contribution in [1.82, 2.24) is 9.88 Å². The summed E-state index contributed by atoms with van der Waals surface area (Å²) in [4.78, 5) is 20.5. The van der Waals surface area contributed by atoms with Gasteiger partial charge in [0, 0.05) is 32.4 Å². The first-order chi connectivity index (χ1) is 9.50. The standard InChI is InChI=1S/C13H19N5OS/c1-9(12(15)20)17-5-7-18(8-6-17)13-10(11(14)19)3-2-4-16-13/h2-4,9H,5-8H2,1H3,(H2,14,19)(H2,15,20). The molecule has 0 aliphatic carbocycles. The zero-order chi connectivity index (χ0) is 14.7. The molecule has 2 heterocycles. The molecule has 2 rings (SSSR count). The van der Waals surface area contributed by atoms with E-state index in [4.69, 9.17) is 23.7 Å². The molecular formula is C13H19N5OS. The Labute approximate surface area is 123 Å². The molecule has 0 bridgehead atoms. The summed E-state index contributed by atoms with van der Waals surface area (Å²) in [7, 11) is 0. The minimum Gasteiger partial charge on any atom is -0.392 e. The molecule has 0 saturated carbocycles. The molecule has 1 aliphatic rings. The van der Waals surface area contributed by atoms with Crippen molar-refractivity contribution in [3.8, 4) is 0 Å². The third-order valence-electron chi connectivity index (χ3n) is 3.63. The molecule has 20 heavy (non-hydrogen) atoms. The molecule has 1 aliphatic heterocycles. The van der Waals surface area contributed by atoms with Gasteiger partial charge in [0.25, 0.3) is 5.91 Å². The number of primary amides is 1. The van der Waals surface area contributed by atoms with Gasteiger partial charge in [-0.05, 0) is 19.1 Å². The predicted molar refractivity (Wildman–Crippen MR) is 82.8 cm³/mol. The number of aromatic nitrogens is 1. The Kier molecular flexibility index (Phi) is 4.51. The van der Waals surface area contributed by atoms with Crippen molar-refractivity contribution in [1.29, 1.82) is 0 Å². The molecule has 1 fully saturated rings. The van der Waals surface area contributed by atoms with Gasteiger partial charge in [0.2, 0.25) is 0 Å². The number of amides is 1. The van der Waals surface area contributed by atoms with Gasteiger partial charge in [0.1, 0.15) is 5.82 Å². The SMILES string of the molecule is CC(C(N)=S)N1CCN(c2ncccc2C(N)=O)CC1. The maximum atomic E-state index is 11.4. The van der Waals surface area contributed by atoms with Crippen LogP contribution in [-0.2, 0) is 0 Å². The highest BCUT2D eigenvalue weighted by Gasteiger charge is 2.25. The minimum absolute atomic E-state index is 0.0893. The van der Waals surface area contributed by atoms with E-state index in [1.54, 1.807) is 18.3 Å². The maximum absolute atomic E-state index is 11.4. The van der Waals surface area contributed by atoms with Crippen molar-refractivity contribution < 1.29 is 4.79 Å². The molecule has 1 amide bonds. The molecule has 6 nitrogen and oxygen atoms in total. The smallest absolute Gasteiger partial charge is 0.252 e. The van der Waals surface area contributed by atoms with Crippen molar-refractivity contribution in [2.24, 2.45) is 11.5 Å². The van der Waals surface area contributed by atoms with E-state index in [2.05, 4.69) is 14.8 Å². The minimum atomic E-state index is -0.452. The van der Waals surface area contributed by atoms with Crippen LogP contribution in [0.3, 0.4) is 0 Å². The van der Waals surface area contributed by atoms with E-state index >= 15 is 0 Å². The molecule has 4 N–H and O–H groups in total. The van der Waals surface area contributed by atoms with E-state index in [1.807, 2.05) is 6.92 Å². The fourth-order valence-electron chi connectivity index (χ4n) is 2.34. The molecule has 1 atom stereocenters. The molecule has 1 aromatic rings. The average molecular weight is 293 g/mol. The summed E-state index contributed by atoms with van der Waals surface area (Å²) >= 11 is 5.03. The molecule has 1 saturated heterocycles. The first-order valence-corrected chi connectivity index (χ1v) is 6.94. The third kappa shape index (κ3) is 3.05. The second-order valence-electron chi connectivity index (χ2n) is 4.84. The van der Waals surface area contributed by atoms with E-state index in [9.17, 15) is 4.79 Å². The number of nitrogens with two attached hydrogens (primary N) is 2. The van der Waals surface area contributed by atoms with Gasteiger partial charge in [-0.15, -0.1) is 0 Å². The summed E-state index contributed by atoms with van der Waals surface area (Å²) in [6.07, 6.45) is 1.67. The average Bonchev–Trinajstić information content (AvgIpc) is 2.46. The van der Waals surface area contributed by atoms with Gasteiger partial charge in [-0.1, -0.05) is 12.2 Å². The highest BCUT2D eigenvalue weighted by molar-refractivity contribution is 7.80. The van der Waals surface area contributed by atoms with Crippen molar-refractivity contribution >= 4 is 28.9 Å². The summed E-state index contributed by atoms with van der Waals surface area (Å²) in [5.74, 6) is 0.203. The van der Waals surface area contributed by atoms with Gasteiger partial charge in [0.05, 0.1) is 16.6 Å². The van der Waals surface area contributed by atoms with Gasteiger partial charge in [-0.25, -0.2) is 4.98 Å². The molecule has 1 unspecified atom stereocenters. The largest absolute Gasteiger partial charge is 0.392 e. The number of hydrogen-bond acceptors (Lipinski definition) is 5. The Morgan fingerprint density at radius 3 is 2.55 bits per heavy atom. The van der Waals surface area contributed by atoms with E-state index in [0.717, 1.165) is 26.2 Å². The fraction of sp³-hybridized carbons (Fsp3) is 0.462. The molecule has 1 aromatic heterocycles. The molecule has 7 heteroatoms. The number of hydrogen-bond donors (Lipinski definition) is 2. The van der Waals surface area contributed by atoms with Gasteiger partial charge in [-0.3, -0.25) is 9.69 Å². The van der Waals surface area contributed by atoms with E-state index in [1.165, 1.54) is 0 Å². The van der Waals surface area contributed by atoms with Crippen LogP contribution in [0, 0.1) is 0 Å². The van der Waals surface area contributed by atoms with Crippen LogP contribution in [0.15, 0.2) is 18.3 Å². The number of carbonyl (C=O) groups is 1. The Balaban J connectivity index is 2.08. The van der Waals surface area contributed by atoms with Crippen molar-refractivity contribution in [2.45, 2.75) is 13.0 Å². The zero-order valence-electron chi connectivity index (χ0n) is 11.5. The van der Waals surface area contributed by atoms with Gasteiger partial charge >= 0.3 is 0 Å². The van der Waals surface area contributed by atoms with Gasteiger partial charge < -0.3 is 16.4 Å². The van der Waals surface area contributed by atoms with Crippen LogP contribution in [0.1, 0.15) is 17.3 Å². The first kappa shape index (κ1) is 14.7. The number of piperazine rings is 1. The normalized spacial score (nSPS) is 17.8. The summed E-state index contributed by atoms with van der Waals surface area (Å²) in [5.41, 5.74) is 11.5.